The van der Waals surface area contributed by atoms with Crippen molar-refractivity contribution in [2.75, 3.05) is 29.6 Å². The van der Waals surface area contributed by atoms with E-state index in [2.05, 4.69) is 39.0 Å². The molecule has 0 amide bonds. The third-order valence-electron chi connectivity index (χ3n) is 10.4. The molecule has 0 fully saturated rings. The van der Waals surface area contributed by atoms with Crippen molar-refractivity contribution in [3.8, 4) is 5.75 Å². The number of allylic oxidation sites excluding steroid dienone is 5. The summed E-state index contributed by atoms with van der Waals surface area (Å²) in [4.78, 5) is 13.8. The molecule has 0 aromatic heterocycles. The number of rotatable bonds is 16. The normalized spacial score (nSPS) is 14.6. The largest absolute Gasteiger partial charge is 0.744 e. The number of anilines is 3. The minimum atomic E-state index is -4.60. The third kappa shape index (κ3) is 10.6. The summed E-state index contributed by atoms with van der Waals surface area (Å²) >= 11 is 0. The molecule has 0 radical (unpaired) electrons. The van der Waals surface area contributed by atoms with Crippen LogP contribution in [0.15, 0.2) is 160 Å². The zero-order chi connectivity index (χ0) is 43.9. The Bertz CT molecular complexity index is 2780. The van der Waals surface area contributed by atoms with Crippen molar-refractivity contribution in [3.63, 3.8) is 0 Å². The van der Waals surface area contributed by atoms with Crippen LogP contribution in [0.25, 0.3) is 5.57 Å². The molecule has 0 aliphatic heterocycles. The molecule has 0 spiro atoms. The number of hydrogen-bond donors (Lipinski definition) is 0. The quantitative estimate of drug-likeness (QED) is 0.0405. The summed E-state index contributed by atoms with van der Waals surface area (Å²) in [5.41, 5.74) is 10.1. The summed E-state index contributed by atoms with van der Waals surface area (Å²) in [5, 5.41) is 4.64. The van der Waals surface area contributed by atoms with Gasteiger partial charge in [-0.2, -0.15) is 5.01 Å². The van der Waals surface area contributed by atoms with Crippen LogP contribution >= 0.6 is 0 Å². The lowest BCUT2D eigenvalue weighted by Crippen LogP contribution is -2.22. The molecule has 0 saturated heterocycles. The molecule has 12 nitrogen and oxygen atoms in total. The summed E-state index contributed by atoms with van der Waals surface area (Å²) in [6.45, 7) is 12.5. The fourth-order valence-electron chi connectivity index (χ4n) is 7.38. The van der Waals surface area contributed by atoms with Crippen molar-refractivity contribution in [1.29, 1.82) is 0 Å². The van der Waals surface area contributed by atoms with E-state index < -0.39 is 20.2 Å². The Hall–Kier alpha value is -6.19. The number of nitrogens with zero attached hydrogens (tertiary/aromatic N) is 4. The first-order valence-electron chi connectivity index (χ1n) is 19.8. The third-order valence-corrected chi connectivity index (χ3v) is 12.1. The highest BCUT2D eigenvalue weighted by Gasteiger charge is 2.22. The van der Waals surface area contributed by atoms with E-state index in [1.807, 2.05) is 71.0 Å². The average molecular weight is 860 g/mol. The molecule has 0 bridgehead atoms. The molecule has 0 saturated carbocycles. The molecule has 0 N–H and O–H groups in total. The number of nitroso groups, excluding NO2 is 1. The summed E-state index contributed by atoms with van der Waals surface area (Å²) < 4.78 is 78.1. The molecule has 5 aromatic carbocycles. The molecule has 6 rings (SSSR count). The lowest BCUT2D eigenvalue weighted by atomic mass is 9.85. The van der Waals surface area contributed by atoms with Crippen molar-refractivity contribution in [2.24, 2.45) is 5.29 Å². The highest BCUT2D eigenvalue weighted by Crippen LogP contribution is 2.38. The number of benzene rings is 5. The Morgan fingerprint density at radius 2 is 1.31 bits per heavy atom. The van der Waals surface area contributed by atoms with E-state index in [9.17, 15) is 30.8 Å². The van der Waals surface area contributed by atoms with E-state index in [1.165, 1.54) is 29.3 Å². The molecule has 316 valence electrons. The van der Waals surface area contributed by atoms with Crippen LogP contribution in [0.4, 0.5) is 17.1 Å². The van der Waals surface area contributed by atoms with Gasteiger partial charge < -0.3 is 18.7 Å². The monoisotopic (exact) mass is 859 g/mol. The van der Waals surface area contributed by atoms with Crippen molar-refractivity contribution in [1.82, 2.24) is 0 Å². The van der Waals surface area contributed by atoms with Crippen LogP contribution in [0.1, 0.15) is 55.5 Å². The summed E-state index contributed by atoms with van der Waals surface area (Å²) in [6, 6.07) is 33.1. The fraction of sp³-hybridized carbons (Fsp3) is 0.213. The van der Waals surface area contributed by atoms with Gasteiger partial charge in [0, 0.05) is 36.5 Å². The van der Waals surface area contributed by atoms with Crippen LogP contribution in [-0.4, -0.2) is 55.9 Å². The fourth-order valence-corrected chi connectivity index (χ4v) is 8.46. The topological polar surface area (TPSA) is 163 Å². The van der Waals surface area contributed by atoms with Crippen LogP contribution in [-0.2, 0) is 33.3 Å². The van der Waals surface area contributed by atoms with Gasteiger partial charge >= 0.3 is 0 Å². The molecular formula is C47H47N4O8S2-. The van der Waals surface area contributed by atoms with E-state index in [1.54, 1.807) is 48.5 Å². The molecule has 61 heavy (non-hydrogen) atoms. The van der Waals surface area contributed by atoms with Crippen molar-refractivity contribution >= 4 is 48.6 Å². The van der Waals surface area contributed by atoms with Gasteiger partial charge in [0.1, 0.15) is 32.5 Å². The molecular weight excluding hydrogens is 813 g/mol. The van der Waals surface area contributed by atoms with Crippen LogP contribution in [0.3, 0.4) is 0 Å². The van der Waals surface area contributed by atoms with E-state index in [0.29, 0.717) is 61.0 Å². The maximum atomic E-state index is 12.2. The SMILES string of the molecule is CCOc1ccc(N(N=O)c2ccc(C(=C3C=CC(=[N+](CC)Cc4cccc(S(=O)(=O)[O-])c4)C=C3C)c3ccc(N(CC)Cc4cccc(S(=O)(=O)[O-])c4)cc3C)cc2)cc1. The van der Waals surface area contributed by atoms with E-state index in [4.69, 9.17) is 4.74 Å². The molecule has 1 aliphatic carbocycles. The minimum Gasteiger partial charge on any atom is -0.744 e. The molecule has 5 aromatic rings. The molecule has 14 heteroatoms. The predicted octanol–water partition coefficient (Wildman–Crippen LogP) is 9.04. The Kier molecular flexibility index (Phi) is 13.8. The van der Waals surface area contributed by atoms with Gasteiger partial charge in [-0.25, -0.2) is 21.4 Å². The van der Waals surface area contributed by atoms with Crippen molar-refractivity contribution < 1.29 is 35.3 Å². The zero-order valence-corrected chi connectivity index (χ0v) is 36.2. The Balaban J connectivity index is 1.41. The van der Waals surface area contributed by atoms with Gasteiger partial charge in [-0.3, -0.25) is 0 Å². The second-order valence-corrected chi connectivity index (χ2v) is 17.2. The van der Waals surface area contributed by atoms with Gasteiger partial charge in [0.2, 0.25) is 0 Å². The van der Waals surface area contributed by atoms with E-state index in [-0.39, 0.29) is 9.79 Å². The van der Waals surface area contributed by atoms with Crippen molar-refractivity contribution in [3.05, 3.63) is 177 Å². The van der Waals surface area contributed by atoms with Gasteiger partial charge in [-0.15, -0.1) is 4.91 Å². The van der Waals surface area contributed by atoms with Gasteiger partial charge in [-0.1, -0.05) is 42.5 Å². The molecule has 1 aliphatic rings. The smallest absolute Gasteiger partial charge is 0.200 e. The molecule has 0 atom stereocenters. The summed E-state index contributed by atoms with van der Waals surface area (Å²) in [5.74, 6) is 0.686. The van der Waals surface area contributed by atoms with Gasteiger partial charge in [-0.05, 0) is 152 Å². The number of aryl methyl sites for hydroxylation is 1. The van der Waals surface area contributed by atoms with Crippen LogP contribution in [0, 0.1) is 11.8 Å². The lowest BCUT2D eigenvalue weighted by molar-refractivity contribution is -0.539. The number of hydrogen-bond acceptors (Lipinski definition) is 10. The predicted molar refractivity (Wildman–Crippen MR) is 237 cm³/mol. The van der Waals surface area contributed by atoms with Gasteiger partial charge in [0.05, 0.1) is 33.1 Å². The molecule has 0 unspecified atom stereocenters. The Morgan fingerprint density at radius 1 is 0.721 bits per heavy atom. The van der Waals surface area contributed by atoms with Crippen LogP contribution in [0.5, 0.6) is 5.75 Å². The van der Waals surface area contributed by atoms with Crippen LogP contribution in [0.2, 0.25) is 0 Å². The Labute approximate surface area is 357 Å². The first-order valence-corrected chi connectivity index (χ1v) is 22.6. The number of ether oxygens (including phenoxy) is 1. The highest BCUT2D eigenvalue weighted by molar-refractivity contribution is 7.86. The summed E-state index contributed by atoms with van der Waals surface area (Å²) in [6.07, 6.45) is 6.18. The zero-order valence-electron chi connectivity index (χ0n) is 34.6. The van der Waals surface area contributed by atoms with Gasteiger partial charge in [0.25, 0.3) is 0 Å². The average Bonchev–Trinajstić information content (AvgIpc) is 3.24. The lowest BCUT2D eigenvalue weighted by Gasteiger charge is -2.26. The van der Waals surface area contributed by atoms with Crippen molar-refractivity contribution in [2.45, 2.75) is 57.5 Å². The van der Waals surface area contributed by atoms with E-state index in [0.717, 1.165) is 44.8 Å². The maximum absolute atomic E-state index is 12.2. The van der Waals surface area contributed by atoms with E-state index >= 15 is 0 Å². The summed E-state index contributed by atoms with van der Waals surface area (Å²) in [7, 11) is -9.20. The Morgan fingerprint density at radius 3 is 1.85 bits per heavy atom. The van der Waals surface area contributed by atoms with Crippen LogP contribution < -0.4 is 14.6 Å². The highest BCUT2D eigenvalue weighted by atomic mass is 32.2. The first kappa shape index (κ1) is 44.4. The van der Waals surface area contributed by atoms with Gasteiger partial charge in [0.15, 0.2) is 12.3 Å². The molecule has 0 heterocycles. The maximum Gasteiger partial charge on any atom is 0.200 e. The standard InChI is InChI=1S/C47H48N4O8S2/c1-6-49(31-35-11-9-13-43(29-35)60(53,54)55)40-21-25-45(33(4)27-40)47(37-15-17-38(18-16-37)51(48-52)39-19-23-42(24-20-39)59-8-3)46-26-22-41(28-34(46)5)50(7-2)32-36-12-10-14-44(30-36)61(56,57)58/h9-30H,6-8,31-32H2,1-5H3,(H-,53,54,55,56,57,58)/p-1. The second kappa shape index (κ2) is 19.0. The minimum absolute atomic E-state index is 0.267. The first-order chi connectivity index (χ1) is 29.1. The second-order valence-electron chi connectivity index (χ2n) is 14.5.